The summed E-state index contributed by atoms with van der Waals surface area (Å²) in [7, 11) is 1.61. The lowest BCUT2D eigenvalue weighted by Gasteiger charge is -2.37. The summed E-state index contributed by atoms with van der Waals surface area (Å²) < 4.78 is 5.25. The average molecular weight is 405 g/mol. The monoisotopic (exact) mass is 405 g/mol. The number of nitrogens with zero attached hydrogens (tertiary/aromatic N) is 3. The van der Waals surface area contributed by atoms with E-state index in [1.54, 1.807) is 13.3 Å². The van der Waals surface area contributed by atoms with E-state index in [1.807, 2.05) is 42.5 Å². The van der Waals surface area contributed by atoms with E-state index < -0.39 is 0 Å². The van der Waals surface area contributed by atoms with Crippen LogP contribution in [0.5, 0.6) is 5.75 Å². The van der Waals surface area contributed by atoms with Crippen LogP contribution in [-0.4, -0.2) is 46.8 Å². The molecule has 2 aliphatic heterocycles. The van der Waals surface area contributed by atoms with E-state index in [0.717, 1.165) is 25.1 Å². The van der Waals surface area contributed by atoms with Crippen molar-refractivity contribution in [2.75, 3.05) is 20.2 Å². The first-order valence-electron chi connectivity index (χ1n) is 10.4. The van der Waals surface area contributed by atoms with Gasteiger partial charge in [0.05, 0.1) is 24.9 Å². The SMILES string of the molecule is COc1ccc(C2=C(N3CC(C)CC(C)C3)C(=O)N(Cc3ccccn3)C2=O)cc1. The number of ether oxygens (including phenoxy) is 1. The van der Waals surface area contributed by atoms with Crippen molar-refractivity contribution in [1.29, 1.82) is 0 Å². The van der Waals surface area contributed by atoms with Gasteiger partial charge in [0.2, 0.25) is 0 Å². The van der Waals surface area contributed by atoms with Gasteiger partial charge >= 0.3 is 0 Å². The van der Waals surface area contributed by atoms with Crippen molar-refractivity contribution in [3.63, 3.8) is 0 Å². The van der Waals surface area contributed by atoms with Gasteiger partial charge in [0, 0.05) is 19.3 Å². The maximum absolute atomic E-state index is 13.5. The molecule has 1 saturated heterocycles. The number of hydrogen-bond acceptors (Lipinski definition) is 5. The zero-order valence-corrected chi connectivity index (χ0v) is 17.7. The van der Waals surface area contributed by atoms with Crippen molar-refractivity contribution >= 4 is 17.4 Å². The third-order valence-electron chi connectivity index (χ3n) is 5.75. The highest BCUT2D eigenvalue weighted by Gasteiger charge is 2.43. The normalized spacial score (nSPS) is 22.1. The Morgan fingerprint density at radius 1 is 1.00 bits per heavy atom. The van der Waals surface area contributed by atoms with Crippen LogP contribution in [0.1, 0.15) is 31.5 Å². The average Bonchev–Trinajstić information content (AvgIpc) is 2.98. The van der Waals surface area contributed by atoms with Gasteiger partial charge in [-0.1, -0.05) is 32.0 Å². The number of benzene rings is 1. The second-order valence-electron chi connectivity index (χ2n) is 8.32. The molecule has 0 N–H and O–H groups in total. The van der Waals surface area contributed by atoms with Gasteiger partial charge in [0.1, 0.15) is 11.4 Å². The molecular formula is C24H27N3O3. The zero-order valence-electron chi connectivity index (χ0n) is 17.7. The van der Waals surface area contributed by atoms with Crippen molar-refractivity contribution < 1.29 is 14.3 Å². The lowest BCUT2D eigenvalue weighted by molar-refractivity contribution is -0.138. The molecule has 30 heavy (non-hydrogen) atoms. The molecule has 0 bridgehead atoms. The van der Waals surface area contributed by atoms with Gasteiger partial charge in [-0.15, -0.1) is 0 Å². The predicted octanol–water partition coefficient (Wildman–Crippen LogP) is 3.35. The summed E-state index contributed by atoms with van der Waals surface area (Å²) >= 11 is 0. The molecule has 3 heterocycles. The Balaban J connectivity index is 1.75. The molecule has 0 aliphatic carbocycles. The highest BCUT2D eigenvalue weighted by molar-refractivity contribution is 6.35. The molecule has 2 aromatic rings. The van der Waals surface area contributed by atoms with Crippen LogP contribution in [-0.2, 0) is 16.1 Å². The fourth-order valence-corrected chi connectivity index (χ4v) is 4.52. The van der Waals surface area contributed by atoms with E-state index in [-0.39, 0.29) is 18.4 Å². The van der Waals surface area contributed by atoms with E-state index in [4.69, 9.17) is 4.74 Å². The van der Waals surface area contributed by atoms with Crippen molar-refractivity contribution in [2.45, 2.75) is 26.8 Å². The molecule has 6 nitrogen and oxygen atoms in total. The molecule has 1 aromatic heterocycles. The molecule has 2 unspecified atom stereocenters. The minimum absolute atomic E-state index is 0.167. The summed E-state index contributed by atoms with van der Waals surface area (Å²) in [5.41, 5.74) is 2.41. The molecule has 1 fully saturated rings. The minimum atomic E-state index is -0.267. The maximum Gasteiger partial charge on any atom is 0.278 e. The van der Waals surface area contributed by atoms with Gasteiger partial charge in [-0.3, -0.25) is 19.5 Å². The van der Waals surface area contributed by atoms with Crippen LogP contribution in [0.25, 0.3) is 5.57 Å². The molecule has 0 saturated carbocycles. The number of imide groups is 1. The Bertz CT molecular complexity index is 959. The Kier molecular flexibility index (Phi) is 5.57. The number of rotatable bonds is 5. The zero-order chi connectivity index (χ0) is 21.3. The van der Waals surface area contributed by atoms with Crippen LogP contribution in [0.4, 0.5) is 0 Å². The summed E-state index contributed by atoms with van der Waals surface area (Å²) in [6.45, 7) is 6.11. The summed E-state index contributed by atoms with van der Waals surface area (Å²) in [5.74, 6) is 1.13. The van der Waals surface area contributed by atoms with E-state index in [9.17, 15) is 9.59 Å². The Morgan fingerprint density at radius 3 is 2.30 bits per heavy atom. The van der Waals surface area contributed by atoms with E-state index in [1.165, 1.54) is 4.90 Å². The summed E-state index contributed by atoms with van der Waals surface area (Å²) in [4.78, 5) is 34.7. The number of carbonyl (C=O) groups excluding carboxylic acids is 2. The van der Waals surface area contributed by atoms with Crippen LogP contribution >= 0.6 is 0 Å². The minimum Gasteiger partial charge on any atom is -0.497 e. The number of methoxy groups -OCH3 is 1. The van der Waals surface area contributed by atoms with Crippen LogP contribution in [0.15, 0.2) is 54.4 Å². The number of pyridine rings is 1. The fourth-order valence-electron chi connectivity index (χ4n) is 4.52. The van der Waals surface area contributed by atoms with Gasteiger partial charge in [0.15, 0.2) is 0 Å². The maximum atomic E-state index is 13.5. The number of piperidine rings is 1. The highest BCUT2D eigenvalue weighted by Crippen LogP contribution is 2.36. The first kappa shape index (κ1) is 20.1. The van der Waals surface area contributed by atoms with E-state index in [0.29, 0.717) is 34.5 Å². The molecule has 156 valence electrons. The predicted molar refractivity (Wildman–Crippen MR) is 114 cm³/mol. The van der Waals surface area contributed by atoms with E-state index >= 15 is 0 Å². The third-order valence-corrected chi connectivity index (χ3v) is 5.75. The molecular weight excluding hydrogens is 378 g/mol. The van der Waals surface area contributed by atoms with Gasteiger partial charge in [0.25, 0.3) is 11.8 Å². The first-order chi connectivity index (χ1) is 14.5. The van der Waals surface area contributed by atoms with Crippen LogP contribution in [0.2, 0.25) is 0 Å². The van der Waals surface area contributed by atoms with Crippen molar-refractivity contribution in [2.24, 2.45) is 11.8 Å². The molecule has 4 rings (SSSR count). The van der Waals surface area contributed by atoms with Gasteiger partial charge in [-0.25, -0.2) is 0 Å². The second-order valence-corrected chi connectivity index (χ2v) is 8.32. The molecule has 2 atom stereocenters. The van der Waals surface area contributed by atoms with Gasteiger partial charge in [-0.2, -0.15) is 0 Å². The van der Waals surface area contributed by atoms with E-state index in [2.05, 4.69) is 23.7 Å². The smallest absolute Gasteiger partial charge is 0.278 e. The molecule has 2 amide bonds. The standard InChI is InChI=1S/C24H27N3O3/c1-16-12-17(2)14-26(13-16)22-21(18-7-9-20(30-3)10-8-18)23(28)27(24(22)29)15-19-6-4-5-11-25-19/h4-11,16-17H,12-15H2,1-3H3. The second kappa shape index (κ2) is 8.30. The topological polar surface area (TPSA) is 62.7 Å². The highest BCUT2D eigenvalue weighted by atomic mass is 16.5. The van der Waals surface area contributed by atoms with Crippen LogP contribution < -0.4 is 4.74 Å². The lowest BCUT2D eigenvalue weighted by atomic mass is 9.91. The number of aromatic nitrogens is 1. The Morgan fingerprint density at radius 2 is 1.70 bits per heavy atom. The first-order valence-corrected chi connectivity index (χ1v) is 10.4. The summed E-state index contributed by atoms with van der Waals surface area (Å²) in [5, 5.41) is 0. The van der Waals surface area contributed by atoms with Crippen molar-refractivity contribution in [3.8, 4) is 5.75 Å². The van der Waals surface area contributed by atoms with Gasteiger partial charge in [-0.05, 0) is 48.1 Å². The van der Waals surface area contributed by atoms with Crippen molar-refractivity contribution in [1.82, 2.24) is 14.8 Å². The fraction of sp³-hybridized carbons (Fsp3) is 0.375. The van der Waals surface area contributed by atoms with Crippen LogP contribution in [0.3, 0.4) is 0 Å². The molecule has 1 aromatic carbocycles. The Hall–Kier alpha value is -3.15. The molecule has 2 aliphatic rings. The summed E-state index contributed by atoms with van der Waals surface area (Å²) in [6, 6.07) is 12.8. The number of carbonyl (C=O) groups is 2. The largest absolute Gasteiger partial charge is 0.497 e. The summed E-state index contributed by atoms with van der Waals surface area (Å²) in [6.07, 6.45) is 2.80. The Labute approximate surface area is 177 Å². The number of likely N-dealkylation sites (tertiary alicyclic amines) is 1. The molecule has 0 radical (unpaired) electrons. The number of amides is 2. The number of hydrogen-bond donors (Lipinski definition) is 0. The van der Waals surface area contributed by atoms with Crippen LogP contribution in [0, 0.1) is 11.8 Å². The molecule has 6 heteroatoms. The van der Waals surface area contributed by atoms with Gasteiger partial charge < -0.3 is 9.64 Å². The quantitative estimate of drug-likeness (QED) is 0.714. The van der Waals surface area contributed by atoms with Crippen molar-refractivity contribution in [3.05, 3.63) is 65.6 Å². The molecule has 0 spiro atoms. The third kappa shape index (κ3) is 3.82. The lowest BCUT2D eigenvalue weighted by Crippen LogP contribution is -2.41.